The van der Waals surface area contributed by atoms with Gasteiger partial charge in [0.2, 0.25) is 0 Å². The topological polar surface area (TPSA) is 54.3 Å². The highest BCUT2D eigenvalue weighted by Crippen LogP contribution is 2.24. The predicted molar refractivity (Wildman–Crippen MR) is 130 cm³/mol. The first kappa shape index (κ1) is 22.2. The fourth-order valence-corrected chi connectivity index (χ4v) is 4.46. The summed E-state index contributed by atoms with van der Waals surface area (Å²) >= 11 is 6.23. The zero-order valence-corrected chi connectivity index (χ0v) is 19.1. The number of nitrogens with zero attached hydrogens (tertiary/aromatic N) is 2. The van der Waals surface area contributed by atoms with E-state index < -0.39 is 0 Å². The molecular formula is C26H28ClN3O2. The van der Waals surface area contributed by atoms with E-state index in [0.29, 0.717) is 23.7 Å². The van der Waals surface area contributed by atoms with Crippen LogP contribution in [0.1, 0.15) is 48.5 Å². The van der Waals surface area contributed by atoms with E-state index in [2.05, 4.69) is 22.9 Å². The van der Waals surface area contributed by atoms with E-state index in [1.54, 1.807) is 30.3 Å². The maximum Gasteiger partial charge on any atom is 0.270 e. The van der Waals surface area contributed by atoms with Crippen molar-refractivity contribution in [3.05, 3.63) is 76.6 Å². The summed E-state index contributed by atoms with van der Waals surface area (Å²) in [6.45, 7) is 4.31. The second kappa shape index (κ2) is 10.0. The van der Waals surface area contributed by atoms with E-state index >= 15 is 0 Å². The van der Waals surface area contributed by atoms with Gasteiger partial charge in [-0.3, -0.25) is 9.59 Å². The number of nitrogens with one attached hydrogen (secondary N) is 1. The van der Waals surface area contributed by atoms with Crippen LogP contribution in [0.25, 0.3) is 17.0 Å². The van der Waals surface area contributed by atoms with Crippen LogP contribution in [0.4, 0.5) is 0 Å². The van der Waals surface area contributed by atoms with Crippen molar-refractivity contribution >= 4 is 40.4 Å². The summed E-state index contributed by atoms with van der Waals surface area (Å²) in [5.41, 5.74) is 2.62. The summed E-state index contributed by atoms with van der Waals surface area (Å²) in [4.78, 5) is 28.4. The molecule has 1 aromatic heterocycles. The van der Waals surface area contributed by atoms with Crippen molar-refractivity contribution in [2.75, 3.05) is 13.1 Å². The Morgan fingerprint density at radius 2 is 1.69 bits per heavy atom. The van der Waals surface area contributed by atoms with Crippen LogP contribution in [0, 0.1) is 0 Å². The molecule has 0 atom stereocenters. The standard InChI is InChI=1S/C26H28ClN3O2/c1-2-29-18-19(20-11-6-8-14-24(20)29)17-23(26(32)30-15-9-3-4-10-16-30)28-25(31)21-12-5-7-13-22(21)27/h5-8,11-14,17-18H,2-4,9-10,15-16H2,1H3,(H,28,31). The Bertz CT molecular complexity index is 1160. The Morgan fingerprint density at radius 1 is 1.00 bits per heavy atom. The third kappa shape index (κ3) is 4.73. The molecule has 1 aliphatic heterocycles. The average Bonchev–Trinajstić information content (AvgIpc) is 2.97. The lowest BCUT2D eigenvalue weighted by Crippen LogP contribution is -2.39. The van der Waals surface area contributed by atoms with Crippen LogP contribution in [0.3, 0.4) is 0 Å². The number of aromatic nitrogens is 1. The predicted octanol–water partition coefficient (Wildman–Crippen LogP) is 5.49. The smallest absolute Gasteiger partial charge is 0.270 e. The largest absolute Gasteiger partial charge is 0.347 e. The molecule has 6 heteroatoms. The number of hydrogen-bond acceptors (Lipinski definition) is 2. The number of rotatable bonds is 5. The Kier molecular flexibility index (Phi) is 6.96. The van der Waals surface area contributed by atoms with Gasteiger partial charge in [-0.2, -0.15) is 0 Å². The number of amides is 2. The third-order valence-electron chi connectivity index (χ3n) is 5.95. The van der Waals surface area contributed by atoms with E-state index in [9.17, 15) is 9.59 Å². The second-order valence-corrected chi connectivity index (χ2v) is 8.49. The first-order valence-electron chi connectivity index (χ1n) is 11.2. The maximum absolute atomic E-state index is 13.5. The lowest BCUT2D eigenvalue weighted by molar-refractivity contribution is -0.127. The Labute approximate surface area is 193 Å². The molecule has 5 nitrogen and oxygen atoms in total. The van der Waals surface area contributed by atoms with E-state index in [-0.39, 0.29) is 17.5 Å². The van der Waals surface area contributed by atoms with Gasteiger partial charge in [-0.05, 0) is 44.0 Å². The zero-order valence-electron chi connectivity index (χ0n) is 18.3. The molecule has 1 fully saturated rings. The van der Waals surface area contributed by atoms with Gasteiger partial charge in [0.25, 0.3) is 11.8 Å². The molecule has 0 spiro atoms. The average molecular weight is 450 g/mol. The van der Waals surface area contributed by atoms with Crippen molar-refractivity contribution < 1.29 is 9.59 Å². The van der Waals surface area contributed by atoms with E-state index in [1.807, 2.05) is 29.3 Å². The number of aryl methyl sites for hydroxylation is 1. The van der Waals surface area contributed by atoms with Gasteiger partial charge in [0.05, 0.1) is 10.6 Å². The summed E-state index contributed by atoms with van der Waals surface area (Å²) in [6, 6.07) is 15.0. The SMILES string of the molecule is CCn1cc(C=C(NC(=O)c2ccccc2Cl)C(=O)N2CCCCCC2)c2ccccc21. The number of carbonyl (C=O) groups is 2. The molecule has 2 heterocycles. The molecule has 0 bridgehead atoms. The minimum absolute atomic E-state index is 0.152. The first-order valence-corrected chi connectivity index (χ1v) is 11.6. The zero-order chi connectivity index (χ0) is 22.5. The number of fused-ring (bicyclic) bond motifs is 1. The molecular weight excluding hydrogens is 422 g/mol. The molecule has 4 rings (SSSR count). The minimum Gasteiger partial charge on any atom is -0.347 e. The van der Waals surface area contributed by atoms with Gasteiger partial charge in [0.15, 0.2) is 0 Å². The summed E-state index contributed by atoms with van der Waals surface area (Å²) in [5, 5.41) is 4.27. The van der Waals surface area contributed by atoms with Crippen molar-refractivity contribution in [1.29, 1.82) is 0 Å². The van der Waals surface area contributed by atoms with Crippen LogP contribution in [0.5, 0.6) is 0 Å². The van der Waals surface area contributed by atoms with Crippen molar-refractivity contribution in [3.63, 3.8) is 0 Å². The normalized spacial score (nSPS) is 14.9. The third-order valence-corrected chi connectivity index (χ3v) is 6.28. The van der Waals surface area contributed by atoms with Gasteiger partial charge in [-0.1, -0.05) is 54.8 Å². The number of benzene rings is 2. The molecule has 1 saturated heterocycles. The molecule has 1 N–H and O–H groups in total. The molecule has 0 saturated carbocycles. The summed E-state index contributed by atoms with van der Waals surface area (Å²) < 4.78 is 2.14. The molecule has 166 valence electrons. The van der Waals surface area contributed by atoms with E-state index in [1.165, 1.54) is 0 Å². The molecule has 2 amide bonds. The summed E-state index contributed by atoms with van der Waals surface area (Å²) in [6.07, 6.45) is 8.04. The Balaban J connectivity index is 1.74. The number of hydrogen-bond donors (Lipinski definition) is 1. The monoisotopic (exact) mass is 449 g/mol. The van der Waals surface area contributed by atoms with E-state index in [4.69, 9.17) is 11.6 Å². The Morgan fingerprint density at radius 3 is 2.41 bits per heavy atom. The van der Waals surface area contributed by atoms with Gasteiger partial charge in [-0.25, -0.2) is 0 Å². The molecule has 2 aromatic carbocycles. The highest BCUT2D eigenvalue weighted by molar-refractivity contribution is 6.34. The number of halogens is 1. The van der Waals surface area contributed by atoms with Crippen LogP contribution < -0.4 is 5.32 Å². The fourth-order valence-electron chi connectivity index (χ4n) is 4.24. The number of likely N-dealkylation sites (tertiary alicyclic amines) is 1. The lowest BCUT2D eigenvalue weighted by atomic mass is 10.1. The van der Waals surface area contributed by atoms with Gasteiger partial charge in [0.1, 0.15) is 5.70 Å². The Hall–Kier alpha value is -3.05. The number of para-hydroxylation sites is 1. The second-order valence-electron chi connectivity index (χ2n) is 8.09. The summed E-state index contributed by atoms with van der Waals surface area (Å²) in [5.74, 6) is -0.537. The van der Waals surface area contributed by atoms with Gasteiger partial charge < -0.3 is 14.8 Å². The highest BCUT2D eigenvalue weighted by atomic mass is 35.5. The van der Waals surface area contributed by atoms with Crippen molar-refractivity contribution in [2.24, 2.45) is 0 Å². The van der Waals surface area contributed by atoms with Crippen molar-refractivity contribution in [1.82, 2.24) is 14.8 Å². The van der Waals surface area contributed by atoms with Crippen molar-refractivity contribution in [2.45, 2.75) is 39.2 Å². The first-order chi connectivity index (χ1) is 15.6. The van der Waals surface area contributed by atoms with Gasteiger partial charge >= 0.3 is 0 Å². The number of carbonyl (C=O) groups excluding carboxylic acids is 2. The van der Waals surface area contributed by atoms with Crippen molar-refractivity contribution in [3.8, 4) is 0 Å². The summed E-state index contributed by atoms with van der Waals surface area (Å²) in [7, 11) is 0. The van der Waals surface area contributed by atoms with Gasteiger partial charge in [0, 0.05) is 42.3 Å². The van der Waals surface area contributed by atoms with Crippen LogP contribution in [-0.2, 0) is 11.3 Å². The quantitative estimate of drug-likeness (QED) is 0.524. The molecule has 0 aliphatic carbocycles. The van der Waals surface area contributed by atoms with E-state index in [0.717, 1.165) is 48.7 Å². The molecule has 3 aromatic rings. The minimum atomic E-state index is -0.385. The molecule has 32 heavy (non-hydrogen) atoms. The maximum atomic E-state index is 13.5. The fraction of sp³-hybridized carbons (Fsp3) is 0.308. The molecule has 0 unspecified atom stereocenters. The van der Waals surface area contributed by atoms with Crippen LogP contribution in [0.2, 0.25) is 5.02 Å². The lowest BCUT2D eigenvalue weighted by Gasteiger charge is -2.22. The highest BCUT2D eigenvalue weighted by Gasteiger charge is 2.23. The molecule has 0 radical (unpaired) electrons. The molecule has 1 aliphatic rings. The van der Waals surface area contributed by atoms with Crippen LogP contribution in [-0.4, -0.2) is 34.4 Å². The van der Waals surface area contributed by atoms with Crippen LogP contribution in [0.15, 0.2) is 60.4 Å². The van der Waals surface area contributed by atoms with Gasteiger partial charge in [-0.15, -0.1) is 0 Å². The van der Waals surface area contributed by atoms with Crippen LogP contribution >= 0.6 is 11.6 Å².